The highest BCUT2D eigenvalue weighted by Gasteiger charge is 1.97. The Hall–Kier alpha value is -1.26. The summed E-state index contributed by atoms with van der Waals surface area (Å²) in [5.74, 6) is -0.0280. The highest BCUT2D eigenvalue weighted by molar-refractivity contribution is 7.79. The molecule has 14 heavy (non-hydrogen) atoms. The Morgan fingerprint density at radius 3 is 2.36 bits per heavy atom. The van der Waals surface area contributed by atoms with Crippen LogP contribution in [0.5, 0.6) is 0 Å². The van der Waals surface area contributed by atoms with Gasteiger partial charge in [0.15, 0.2) is 16.9 Å². The van der Waals surface area contributed by atoms with Crippen molar-refractivity contribution in [2.45, 2.75) is 11.8 Å². The second-order valence-corrected chi connectivity index (χ2v) is 3.73. The summed E-state index contributed by atoms with van der Waals surface area (Å²) >= 11 is -1.94. The Balaban J connectivity index is 2.83. The largest absolute Gasteiger partial charge is 0.302 e. The van der Waals surface area contributed by atoms with Crippen molar-refractivity contribution >= 4 is 22.9 Å². The minimum atomic E-state index is -1.94. The standard InChI is InChI=1S/C10H10O3S/c1-8(11)2-3-9-4-6-10(7-5-9)14(12)13/h2-7H,1H3,(H,12,13)/b3-2+. The van der Waals surface area contributed by atoms with Crippen LogP contribution >= 0.6 is 0 Å². The Bertz CT molecular complexity index is 379. The maximum atomic E-state index is 10.6. The third-order valence-corrected chi connectivity index (χ3v) is 2.27. The minimum Gasteiger partial charge on any atom is -0.302 e. The quantitative estimate of drug-likeness (QED) is 0.612. The van der Waals surface area contributed by atoms with Crippen LogP contribution in [-0.4, -0.2) is 14.5 Å². The van der Waals surface area contributed by atoms with E-state index in [9.17, 15) is 9.00 Å². The normalized spacial score (nSPS) is 13.0. The summed E-state index contributed by atoms with van der Waals surface area (Å²) in [5, 5.41) is 0. The van der Waals surface area contributed by atoms with E-state index in [1.54, 1.807) is 30.3 Å². The maximum absolute atomic E-state index is 10.6. The molecule has 0 saturated carbocycles. The monoisotopic (exact) mass is 210 g/mol. The lowest BCUT2D eigenvalue weighted by atomic mass is 10.2. The topological polar surface area (TPSA) is 54.4 Å². The molecule has 0 spiro atoms. The molecule has 0 aromatic heterocycles. The molecule has 0 saturated heterocycles. The zero-order valence-corrected chi connectivity index (χ0v) is 8.45. The third-order valence-electron chi connectivity index (χ3n) is 1.59. The Morgan fingerprint density at radius 1 is 1.36 bits per heavy atom. The number of carbonyl (C=O) groups is 1. The van der Waals surface area contributed by atoms with Gasteiger partial charge in [-0.15, -0.1) is 0 Å². The summed E-state index contributed by atoms with van der Waals surface area (Å²) in [6.45, 7) is 1.47. The molecule has 0 aliphatic carbocycles. The maximum Gasteiger partial charge on any atom is 0.186 e. The van der Waals surface area contributed by atoms with Gasteiger partial charge in [-0.3, -0.25) is 4.79 Å². The molecule has 0 heterocycles. The second kappa shape index (κ2) is 4.83. The van der Waals surface area contributed by atoms with Crippen LogP contribution in [0.4, 0.5) is 0 Å². The van der Waals surface area contributed by atoms with E-state index in [4.69, 9.17) is 4.55 Å². The van der Waals surface area contributed by atoms with Gasteiger partial charge in [-0.1, -0.05) is 18.2 Å². The van der Waals surface area contributed by atoms with Crippen LogP contribution in [0.3, 0.4) is 0 Å². The van der Waals surface area contributed by atoms with Gasteiger partial charge in [-0.25, -0.2) is 4.21 Å². The number of hydrogen-bond donors (Lipinski definition) is 1. The number of ketones is 1. The van der Waals surface area contributed by atoms with Gasteiger partial charge in [0.2, 0.25) is 0 Å². The van der Waals surface area contributed by atoms with Crippen molar-refractivity contribution < 1.29 is 13.6 Å². The summed E-state index contributed by atoms with van der Waals surface area (Å²) in [6, 6.07) is 6.47. The fraction of sp³-hybridized carbons (Fsp3) is 0.100. The van der Waals surface area contributed by atoms with Crippen molar-refractivity contribution in [1.29, 1.82) is 0 Å². The van der Waals surface area contributed by atoms with E-state index in [0.29, 0.717) is 4.90 Å². The molecule has 0 fully saturated rings. The van der Waals surface area contributed by atoms with Crippen molar-refractivity contribution in [2.24, 2.45) is 0 Å². The van der Waals surface area contributed by atoms with Crippen molar-refractivity contribution in [3.8, 4) is 0 Å². The van der Waals surface area contributed by atoms with Gasteiger partial charge >= 0.3 is 0 Å². The van der Waals surface area contributed by atoms with Crippen molar-refractivity contribution in [2.75, 3.05) is 0 Å². The molecule has 0 aliphatic rings. The lowest BCUT2D eigenvalue weighted by molar-refractivity contribution is -0.112. The fourth-order valence-corrected chi connectivity index (χ4v) is 1.28. The molecule has 1 N–H and O–H groups in total. The third kappa shape index (κ3) is 3.24. The van der Waals surface area contributed by atoms with Crippen molar-refractivity contribution in [1.82, 2.24) is 0 Å². The molecule has 3 nitrogen and oxygen atoms in total. The number of rotatable bonds is 3. The lowest BCUT2D eigenvalue weighted by Gasteiger charge is -1.95. The predicted octanol–water partition coefficient (Wildman–Crippen LogP) is 1.87. The summed E-state index contributed by atoms with van der Waals surface area (Å²) < 4.78 is 19.4. The first kappa shape index (κ1) is 10.8. The first-order valence-electron chi connectivity index (χ1n) is 3.99. The van der Waals surface area contributed by atoms with Crippen LogP contribution < -0.4 is 0 Å². The zero-order valence-electron chi connectivity index (χ0n) is 7.64. The van der Waals surface area contributed by atoms with E-state index in [1.165, 1.54) is 13.0 Å². The van der Waals surface area contributed by atoms with E-state index in [1.807, 2.05) is 0 Å². The molecule has 0 bridgehead atoms. The molecular weight excluding hydrogens is 200 g/mol. The van der Waals surface area contributed by atoms with Gasteiger partial charge in [0, 0.05) is 0 Å². The van der Waals surface area contributed by atoms with E-state index >= 15 is 0 Å². The van der Waals surface area contributed by atoms with Crippen LogP contribution in [0.1, 0.15) is 12.5 Å². The molecule has 0 amide bonds. The molecule has 4 heteroatoms. The van der Waals surface area contributed by atoms with Crippen LogP contribution in [0, 0.1) is 0 Å². The van der Waals surface area contributed by atoms with Crippen molar-refractivity contribution in [3.05, 3.63) is 35.9 Å². The summed E-state index contributed by atoms with van der Waals surface area (Å²) in [7, 11) is 0. The number of allylic oxidation sites excluding steroid dienone is 1. The van der Waals surface area contributed by atoms with E-state index < -0.39 is 11.1 Å². The van der Waals surface area contributed by atoms with Gasteiger partial charge in [-0.2, -0.15) is 0 Å². The first-order valence-corrected chi connectivity index (χ1v) is 5.10. The van der Waals surface area contributed by atoms with Crippen molar-refractivity contribution in [3.63, 3.8) is 0 Å². The molecular formula is C10H10O3S. The Labute approximate surface area is 84.7 Å². The summed E-state index contributed by atoms with van der Waals surface area (Å²) in [4.78, 5) is 11.0. The van der Waals surface area contributed by atoms with E-state index in [0.717, 1.165) is 5.56 Å². The van der Waals surface area contributed by atoms with Gasteiger partial charge in [-0.05, 0) is 30.7 Å². The smallest absolute Gasteiger partial charge is 0.186 e. The van der Waals surface area contributed by atoms with Crippen LogP contribution in [0.2, 0.25) is 0 Å². The molecule has 1 aromatic carbocycles. The summed E-state index contributed by atoms with van der Waals surface area (Å²) in [5.41, 5.74) is 0.828. The van der Waals surface area contributed by atoms with Gasteiger partial charge in [0.1, 0.15) is 0 Å². The minimum absolute atomic E-state index is 0.0280. The van der Waals surface area contributed by atoms with Crippen LogP contribution in [0.25, 0.3) is 6.08 Å². The Kier molecular flexibility index (Phi) is 3.73. The molecule has 74 valence electrons. The number of hydrogen-bond acceptors (Lipinski definition) is 2. The Morgan fingerprint density at radius 2 is 1.93 bits per heavy atom. The average Bonchev–Trinajstić information content (AvgIpc) is 2.15. The van der Waals surface area contributed by atoms with E-state index in [2.05, 4.69) is 0 Å². The molecule has 1 rings (SSSR count). The summed E-state index contributed by atoms with van der Waals surface area (Å²) in [6.07, 6.45) is 3.11. The SMILES string of the molecule is CC(=O)/C=C/c1ccc(S(=O)O)cc1. The molecule has 0 radical (unpaired) electrons. The highest BCUT2D eigenvalue weighted by atomic mass is 32.2. The predicted molar refractivity (Wildman–Crippen MR) is 55.2 cm³/mol. The number of benzene rings is 1. The molecule has 1 unspecified atom stereocenters. The van der Waals surface area contributed by atoms with Crippen LogP contribution in [-0.2, 0) is 15.9 Å². The van der Waals surface area contributed by atoms with Gasteiger partial charge in [0.05, 0.1) is 4.90 Å². The molecule has 1 atom stereocenters. The second-order valence-electron chi connectivity index (χ2n) is 2.76. The van der Waals surface area contributed by atoms with Gasteiger partial charge in [0.25, 0.3) is 0 Å². The molecule has 1 aromatic rings. The average molecular weight is 210 g/mol. The number of carbonyl (C=O) groups excluding carboxylic acids is 1. The fourth-order valence-electron chi connectivity index (χ4n) is 0.909. The zero-order chi connectivity index (χ0) is 10.6. The highest BCUT2D eigenvalue weighted by Crippen LogP contribution is 2.08. The first-order chi connectivity index (χ1) is 6.59. The van der Waals surface area contributed by atoms with E-state index in [-0.39, 0.29) is 5.78 Å². The van der Waals surface area contributed by atoms with Crippen LogP contribution in [0.15, 0.2) is 35.2 Å². The lowest BCUT2D eigenvalue weighted by Crippen LogP contribution is -1.87. The van der Waals surface area contributed by atoms with Gasteiger partial charge < -0.3 is 4.55 Å². The molecule has 0 aliphatic heterocycles.